The predicted molar refractivity (Wildman–Crippen MR) is 105 cm³/mol. The highest BCUT2D eigenvalue weighted by molar-refractivity contribution is 5.96. The fourth-order valence-corrected chi connectivity index (χ4v) is 3.84. The average molecular weight is 372 g/mol. The van der Waals surface area contributed by atoms with E-state index in [0.717, 1.165) is 63.3 Å². The van der Waals surface area contributed by atoms with Crippen molar-refractivity contribution in [2.24, 2.45) is 5.73 Å². The molecule has 2 aliphatic heterocycles. The molecular weight excluding hydrogens is 344 g/mol. The Morgan fingerprint density at radius 2 is 2.04 bits per heavy atom. The number of fused-ring (bicyclic) bond motifs is 1. The number of nitrogens with zero attached hydrogens (tertiary/aromatic N) is 2. The summed E-state index contributed by atoms with van der Waals surface area (Å²) in [7, 11) is 0. The number of carbonyl (C=O) groups excluding carboxylic acids is 1. The fraction of sp³-hybridized carbons (Fsp3) is 0.550. The standard InChI is InChI=1S/C20H28N4O3/c21-14-17-2-4-19(27-17)20(25)22-16-1-3-18-15(13-16)5-6-24(18)8-7-23-9-11-26-12-10-23/h1,3,5-6,13,17,19H,2,4,7-12,14,21H2,(H,22,25)/t17-,19+/m1/s1. The van der Waals surface area contributed by atoms with Gasteiger partial charge >= 0.3 is 0 Å². The van der Waals surface area contributed by atoms with Crippen LogP contribution in [0.5, 0.6) is 0 Å². The van der Waals surface area contributed by atoms with Gasteiger partial charge in [0.15, 0.2) is 0 Å². The highest BCUT2D eigenvalue weighted by atomic mass is 16.5. The molecule has 2 saturated heterocycles. The van der Waals surface area contributed by atoms with E-state index < -0.39 is 6.10 Å². The van der Waals surface area contributed by atoms with Crippen molar-refractivity contribution >= 4 is 22.5 Å². The molecule has 27 heavy (non-hydrogen) atoms. The molecule has 0 unspecified atom stereocenters. The lowest BCUT2D eigenvalue weighted by molar-refractivity contribution is -0.126. The minimum Gasteiger partial charge on any atom is -0.379 e. The number of ether oxygens (including phenoxy) is 2. The molecule has 3 heterocycles. The van der Waals surface area contributed by atoms with Gasteiger partial charge in [-0.15, -0.1) is 0 Å². The van der Waals surface area contributed by atoms with Crippen molar-refractivity contribution < 1.29 is 14.3 Å². The molecule has 0 radical (unpaired) electrons. The second kappa shape index (κ2) is 8.39. The number of hydrogen-bond donors (Lipinski definition) is 2. The van der Waals surface area contributed by atoms with Crippen LogP contribution in [0.4, 0.5) is 5.69 Å². The van der Waals surface area contributed by atoms with Crippen LogP contribution in [0.3, 0.4) is 0 Å². The molecule has 146 valence electrons. The Hall–Kier alpha value is -1.93. The summed E-state index contributed by atoms with van der Waals surface area (Å²) < 4.78 is 13.3. The summed E-state index contributed by atoms with van der Waals surface area (Å²) in [5.74, 6) is -0.0861. The quantitative estimate of drug-likeness (QED) is 0.801. The summed E-state index contributed by atoms with van der Waals surface area (Å²) in [6, 6.07) is 8.15. The van der Waals surface area contributed by atoms with Gasteiger partial charge in [0.2, 0.25) is 0 Å². The zero-order chi connectivity index (χ0) is 18.6. The number of anilines is 1. The second-order valence-corrected chi connectivity index (χ2v) is 7.29. The zero-order valence-corrected chi connectivity index (χ0v) is 15.6. The first-order valence-electron chi connectivity index (χ1n) is 9.78. The topological polar surface area (TPSA) is 81.8 Å². The molecule has 0 aliphatic carbocycles. The van der Waals surface area contributed by atoms with Gasteiger partial charge in [0, 0.05) is 55.5 Å². The van der Waals surface area contributed by atoms with Gasteiger partial charge in [0.05, 0.1) is 19.3 Å². The molecule has 7 heteroatoms. The van der Waals surface area contributed by atoms with Gasteiger partial charge in [-0.1, -0.05) is 0 Å². The number of morpholine rings is 1. The van der Waals surface area contributed by atoms with Gasteiger partial charge in [-0.05, 0) is 37.1 Å². The van der Waals surface area contributed by atoms with Gasteiger partial charge in [-0.2, -0.15) is 0 Å². The van der Waals surface area contributed by atoms with E-state index in [4.69, 9.17) is 15.2 Å². The Labute approximate surface area is 159 Å². The number of hydrogen-bond acceptors (Lipinski definition) is 5. The number of benzene rings is 1. The van der Waals surface area contributed by atoms with E-state index in [2.05, 4.69) is 33.1 Å². The van der Waals surface area contributed by atoms with Crippen LogP contribution in [0, 0.1) is 0 Å². The van der Waals surface area contributed by atoms with E-state index in [1.807, 2.05) is 12.1 Å². The summed E-state index contributed by atoms with van der Waals surface area (Å²) >= 11 is 0. The van der Waals surface area contributed by atoms with Gasteiger partial charge in [0.25, 0.3) is 5.91 Å². The maximum atomic E-state index is 12.4. The SMILES string of the molecule is NC[C@H]1CC[C@@H](C(=O)Nc2ccc3c(ccn3CCN3CCOCC3)c2)O1. The summed E-state index contributed by atoms with van der Waals surface area (Å²) in [5.41, 5.74) is 7.60. The molecule has 2 atom stereocenters. The van der Waals surface area contributed by atoms with Crippen LogP contribution >= 0.6 is 0 Å². The normalized spacial score (nSPS) is 23.7. The summed E-state index contributed by atoms with van der Waals surface area (Å²) in [4.78, 5) is 14.8. The van der Waals surface area contributed by atoms with Crippen LogP contribution in [0.1, 0.15) is 12.8 Å². The number of rotatable bonds is 6. The molecule has 1 aromatic heterocycles. The fourth-order valence-electron chi connectivity index (χ4n) is 3.84. The smallest absolute Gasteiger partial charge is 0.253 e. The Balaban J connectivity index is 1.37. The van der Waals surface area contributed by atoms with Gasteiger partial charge in [0.1, 0.15) is 6.10 Å². The minimum atomic E-state index is -0.396. The Bertz CT molecular complexity index is 785. The van der Waals surface area contributed by atoms with Crippen molar-refractivity contribution in [3.63, 3.8) is 0 Å². The van der Waals surface area contributed by atoms with Gasteiger partial charge < -0.3 is 25.1 Å². The predicted octanol–water partition coefficient (Wildman–Crippen LogP) is 1.42. The Morgan fingerprint density at radius 3 is 2.81 bits per heavy atom. The summed E-state index contributed by atoms with van der Waals surface area (Å²) in [5, 5.41) is 4.10. The van der Waals surface area contributed by atoms with Crippen molar-refractivity contribution in [2.75, 3.05) is 44.7 Å². The first-order valence-corrected chi connectivity index (χ1v) is 9.78. The minimum absolute atomic E-state index is 0.00345. The van der Waals surface area contributed by atoms with E-state index in [-0.39, 0.29) is 12.0 Å². The van der Waals surface area contributed by atoms with Crippen molar-refractivity contribution in [1.29, 1.82) is 0 Å². The molecule has 1 aromatic carbocycles. The van der Waals surface area contributed by atoms with Gasteiger partial charge in [-0.25, -0.2) is 0 Å². The molecule has 0 bridgehead atoms. The second-order valence-electron chi connectivity index (χ2n) is 7.29. The van der Waals surface area contributed by atoms with Crippen LogP contribution in [-0.4, -0.2) is 67.0 Å². The van der Waals surface area contributed by atoms with Crippen LogP contribution in [0.25, 0.3) is 10.9 Å². The van der Waals surface area contributed by atoms with Crippen molar-refractivity contribution in [3.05, 3.63) is 30.5 Å². The number of amides is 1. The summed E-state index contributed by atoms with van der Waals surface area (Å²) in [6.07, 6.45) is 3.30. The van der Waals surface area contributed by atoms with Crippen LogP contribution in [0.2, 0.25) is 0 Å². The van der Waals surface area contributed by atoms with E-state index in [9.17, 15) is 4.79 Å². The third-order valence-electron chi connectivity index (χ3n) is 5.46. The third-order valence-corrected chi connectivity index (χ3v) is 5.46. The lowest BCUT2D eigenvalue weighted by Gasteiger charge is -2.26. The molecule has 4 rings (SSSR count). The zero-order valence-electron chi connectivity index (χ0n) is 15.6. The highest BCUT2D eigenvalue weighted by Crippen LogP contribution is 2.23. The number of nitrogens with two attached hydrogens (primary N) is 1. The summed E-state index contributed by atoms with van der Waals surface area (Å²) in [6.45, 7) is 6.10. The molecule has 3 N–H and O–H groups in total. The first kappa shape index (κ1) is 18.4. The maximum absolute atomic E-state index is 12.4. The number of nitrogens with one attached hydrogen (secondary N) is 1. The van der Waals surface area contributed by atoms with Crippen LogP contribution in [-0.2, 0) is 20.8 Å². The van der Waals surface area contributed by atoms with Crippen molar-refractivity contribution in [1.82, 2.24) is 9.47 Å². The van der Waals surface area contributed by atoms with Crippen molar-refractivity contribution in [3.8, 4) is 0 Å². The molecule has 0 saturated carbocycles. The third kappa shape index (κ3) is 4.32. The lowest BCUT2D eigenvalue weighted by atomic mass is 10.2. The molecule has 1 amide bonds. The first-order chi connectivity index (χ1) is 13.2. The maximum Gasteiger partial charge on any atom is 0.253 e. The molecule has 2 aromatic rings. The molecule has 2 aliphatic rings. The molecular formula is C20H28N4O3. The highest BCUT2D eigenvalue weighted by Gasteiger charge is 2.29. The largest absolute Gasteiger partial charge is 0.379 e. The molecule has 7 nitrogen and oxygen atoms in total. The van der Waals surface area contributed by atoms with Gasteiger partial charge in [-0.3, -0.25) is 9.69 Å². The Kier molecular flexibility index (Phi) is 5.73. The van der Waals surface area contributed by atoms with E-state index >= 15 is 0 Å². The Morgan fingerprint density at radius 1 is 1.19 bits per heavy atom. The monoisotopic (exact) mass is 372 g/mol. The number of aromatic nitrogens is 1. The van der Waals surface area contributed by atoms with E-state index in [1.165, 1.54) is 5.52 Å². The van der Waals surface area contributed by atoms with Crippen LogP contribution < -0.4 is 11.1 Å². The van der Waals surface area contributed by atoms with Crippen molar-refractivity contribution in [2.45, 2.75) is 31.6 Å². The molecule has 2 fully saturated rings. The molecule has 0 spiro atoms. The van der Waals surface area contributed by atoms with Crippen LogP contribution in [0.15, 0.2) is 30.5 Å². The average Bonchev–Trinajstić information content (AvgIpc) is 3.34. The van der Waals surface area contributed by atoms with E-state index in [1.54, 1.807) is 0 Å². The van der Waals surface area contributed by atoms with E-state index in [0.29, 0.717) is 6.54 Å². The lowest BCUT2D eigenvalue weighted by Crippen LogP contribution is -2.38. The number of carbonyl (C=O) groups is 1.